The number of aromatic nitrogens is 3. The molecule has 0 radical (unpaired) electrons. The third kappa shape index (κ3) is 2.23. The number of anilines is 1. The molecule has 2 atom stereocenters. The number of nitrogens with zero attached hydrogens (tertiary/aromatic N) is 5. The molecule has 1 aliphatic rings. The van der Waals surface area contributed by atoms with E-state index in [4.69, 9.17) is 0 Å². The highest BCUT2D eigenvalue weighted by atomic mass is 79.9. The first kappa shape index (κ1) is 12.9. The maximum atomic E-state index is 4.67. The van der Waals surface area contributed by atoms with Gasteiger partial charge < -0.3 is 4.90 Å². The van der Waals surface area contributed by atoms with Gasteiger partial charge in [-0.2, -0.15) is 0 Å². The first-order valence-electron chi connectivity index (χ1n) is 6.53. The normalized spacial score (nSPS) is 25.2. The molecule has 3 rings (SSSR count). The van der Waals surface area contributed by atoms with Crippen LogP contribution < -0.4 is 4.90 Å². The highest BCUT2D eigenvalue weighted by Crippen LogP contribution is 2.21. The second kappa shape index (κ2) is 4.76. The van der Waals surface area contributed by atoms with E-state index < -0.39 is 0 Å². The van der Waals surface area contributed by atoms with E-state index in [0.29, 0.717) is 12.1 Å². The summed E-state index contributed by atoms with van der Waals surface area (Å²) >= 11 is 3.47. The third-order valence-electron chi connectivity index (χ3n) is 3.99. The van der Waals surface area contributed by atoms with Gasteiger partial charge in [0.1, 0.15) is 10.4 Å². The van der Waals surface area contributed by atoms with Gasteiger partial charge in [0.25, 0.3) is 0 Å². The third-order valence-corrected chi connectivity index (χ3v) is 4.53. The predicted octanol–water partition coefficient (Wildman–Crippen LogP) is 2.02. The van der Waals surface area contributed by atoms with Crippen LogP contribution in [-0.4, -0.2) is 51.7 Å². The Hall–Kier alpha value is -1.14. The monoisotopic (exact) mass is 323 g/mol. The van der Waals surface area contributed by atoms with Crippen molar-refractivity contribution in [2.45, 2.75) is 25.9 Å². The van der Waals surface area contributed by atoms with Crippen LogP contribution in [-0.2, 0) is 0 Å². The number of hydrogen-bond donors (Lipinski definition) is 0. The summed E-state index contributed by atoms with van der Waals surface area (Å²) < 4.78 is 2.72. The maximum Gasteiger partial charge on any atom is 0.154 e. The Labute approximate surface area is 121 Å². The molecule has 0 N–H and O–H groups in total. The Bertz CT molecular complexity index is 584. The molecule has 0 aliphatic carbocycles. The van der Waals surface area contributed by atoms with Crippen LogP contribution in [0.15, 0.2) is 22.9 Å². The van der Waals surface area contributed by atoms with Crippen molar-refractivity contribution >= 4 is 27.4 Å². The Morgan fingerprint density at radius 3 is 2.58 bits per heavy atom. The van der Waals surface area contributed by atoms with Gasteiger partial charge in [0, 0.05) is 25.2 Å². The fourth-order valence-corrected chi connectivity index (χ4v) is 2.96. The lowest BCUT2D eigenvalue weighted by Crippen LogP contribution is -2.55. The molecule has 102 valence electrons. The van der Waals surface area contributed by atoms with E-state index in [1.165, 1.54) is 0 Å². The van der Waals surface area contributed by atoms with E-state index in [-0.39, 0.29) is 0 Å². The van der Waals surface area contributed by atoms with E-state index >= 15 is 0 Å². The molecule has 5 nitrogen and oxygen atoms in total. The molecule has 0 spiro atoms. The Morgan fingerprint density at radius 1 is 1.21 bits per heavy atom. The van der Waals surface area contributed by atoms with Gasteiger partial charge in [0.05, 0.1) is 6.20 Å². The molecule has 0 unspecified atom stereocenters. The summed E-state index contributed by atoms with van der Waals surface area (Å²) in [5, 5.41) is 4.67. The fourth-order valence-electron chi connectivity index (χ4n) is 2.60. The molecule has 2 aromatic rings. The van der Waals surface area contributed by atoms with E-state index in [9.17, 15) is 0 Å². The molecular weight excluding hydrogens is 306 g/mol. The minimum atomic E-state index is 0.535. The first-order chi connectivity index (χ1) is 9.06. The molecule has 3 heterocycles. The van der Waals surface area contributed by atoms with Crippen molar-refractivity contribution < 1.29 is 0 Å². The van der Waals surface area contributed by atoms with Crippen molar-refractivity contribution in [2.75, 3.05) is 25.0 Å². The second-order valence-electron chi connectivity index (χ2n) is 5.31. The number of fused-ring (bicyclic) bond motifs is 1. The van der Waals surface area contributed by atoms with Gasteiger partial charge in [0.2, 0.25) is 0 Å². The maximum absolute atomic E-state index is 4.67. The lowest BCUT2D eigenvalue weighted by atomic mass is 10.1. The van der Waals surface area contributed by atoms with Gasteiger partial charge in [0.15, 0.2) is 5.65 Å². The highest BCUT2D eigenvalue weighted by molar-refractivity contribution is 9.10. The summed E-state index contributed by atoms with van der Waals surface area (Å²) in [5.74, 6) is 1.01. The van der Waals surface area contributed by atoms with E-state index in [2.05, 4.69) is 62.8 Å². The smallest absolute Gasteiger partial charge is 0.154 e. The Balaban J connectivity index is 1.93. The number of piperazine rings is 1. The number of hydrogen-bond acceptors (Lipinski definition) is 4. The minimum absolute atomic E-state index is 0.535. The predicted molar refractivity (Wildman–Crippen MR) is 79.6 cm³/mol. The summed E-state index contributed by atoms with van der Waals surface area (Å²) in [6.45, 7) is 6.53. The standard InChI is InChI=1S/C13H18BrN5/c1-9-7-18(8-10(2)17(9)3)13-5-4-12-15-6-11(14)19(12)16-13/h4-6,9-10H,7-8H2,1-3H3/t9-,10+. The molecule has 1 aliphatic heterocycles. The van der Waals surface area contributed by atoms with Crippen LogP contribution in [0.3, 0.4) is 0 Å². The van der Waals surface area contributed by atoms with Gasteiger partial charge in [-0.3, -0.25) is 4.90 Å². The molecule has 1 fully saturated rings. The van der Waals surface area contributed by atoms with Gasteiger partial charge in [-0.25, -0.2) is 9.50 Å². The average Bonchev–Trinajstić information content (AvgIpc) is 2.77. The second-order valence-corrected chi connectivity index (χ2v) is 6.12. The number of halogens is 1. The summed E-state index contributed by atoms with van der Waals surface area (Å²) in [4.78, 5) is 9.04. The van der Waals surface area contributed by atoms with Crippen molar-refractivity contribution in [3.05, 3.63) is 22.9 Å². The van der Waals surface area contributed by atoms with Gasteiger partial charge in [-0.1, -0.05) is 0 Å². The zero-order chi connectivity index (χ0) is 13.6. The van der Waals surface area contributed by atoms with E-state index in [0.717, 1.165) is 29.2 Å². The molecule has 0 bridgehead atoms. The van der Waals surface area contributed by atoms with Crippen LogP contribution in [0.25, 0.3) is 5.65 Å². The summed E-state index contributed by atoms with van der Waals surface area (Å²) in [7, 11) is 2.19. The minimum Gasteiger partial charge on any atom is -0.352 e. The van der Waals surface area contributed by atoms with Crippen molar-refractivity contribution in [3.8, 4) is 0 Å². The quantitative estimate of drug-likeness (QED) is 0.804. The highest BCUT2D eigenvalue weighted by Gasteiger charge is 2.27. The molecule has 0 saturated carbocycles. The fraction of sp³-hybridized carbons (Fsp3) is 0.538. The van der Waals surface area contributed by atoms with E-state index in [1.54, 1.807) is 6.20 Å². The van der Waals surface area contributed by atoms with Crippen LogP contribution in [0.2, 0.25) is 0 Å². The van der Waals surface area contributed by atoms with Crippen molar-refractivity contribution in [1.29, 1.82) is 0 Å². The molecule has 1 saturated heterocycles. The molecule has 2 aromatic heterocycles. The summed E-state index contributed by atoms with van der Waals surface area (Å²) in [5.41, 5.74) is 0.867. The molecule has 6 heteroatoms. The van der Waals surface area contributed by atoms with Gasteiger partial charge in [-0.15, -0.1) is 5.10 Å². The Morgan fingerprint density at radius 2 is 1.89 bits per heavy atom. The Kier molecular flexibility index (Phi) is 3.22. The zero-order valence-electron chi connectivity index (χ0n) is 11.4. The topological polar surface area (TPSA) is 36.7 Å². The first-order valence-corrected chi connectivity index (χ1v) is 7.32. The van der Waals surface area contributed by atoms with Crippen LogP contribution >= 0.6 is 15.9 Å². The number of rotatable bonds is 1. The molecular formula is C13H18BrN5. The lowest BCUT2D eigenvalue weighted by molar-refractivity contribution is 0.169. The van der Waals surface area contributed by atoms with Crippen LogP contribution in [0.4, 0.5) is 5.82 Å². The van der Waals surface area contributed by atoms with Crippen molar-refractivity contribution in [1.82, 2.24) is 19.5 Å². The van der Waals surface area contributed by atoms with Gasteiger partial charge in [-0.05, 0) is 49.0 Å². The largest absolute Gasteiger partial charge is 0.352 e. The van der Waals surface area contributed by atoms with Crippen LogP contribution in [0, 0.1) is 0 Å². The van der Waals surface area contributed by atoms with Crippen molar-refractivity contribution in [2.24, 2.45) is 0 Å². The summed E-state index contributed by atoms with van der Waals surface area (Å²) in [6, 6.07) is 5.14. The molecule has 19 heavy (non-hydrogen) atoms. The van der Waals surface area contributed by atoms with Crippen LogP contribution in [0.5, 0.6) is 0 Å². The van der Waals surface area contributed by atoms with Crippen molar-refractivity contribution in [3.63, 3.8) is 0 Å². The number of imidazole rings is 1. The van der Waals surface area contributed by atoms with Crippen LogP contribution in [0.1, 0.15) is 13.8 Å². The van der Waals surface area contributed by atoms with Gasteiger partial charge >= 0.3 is 0 Å². The zero-order valence-corrected chi connectivity index (χ0v) is 13.0. The van der Waals surface area contributed by atoms with E-state index in [1.807, 2.05) is 10.6 Å². The average molecular weight is 324 g/mol. The summed E-state index contributed by atoms with van der Waals surface area (Å²) in [6.07, 6.45) is 1.78. The number of likely N-dealkylation sites (N-methyl/N-ethyl adjacent to an activating group) is 1. The molecule has 0 aromatic carbocycles. The lowest BCUT2D eigenvalue weighted by Gasteiger charge is -2.42. The SMILES string of the molecule is C[C@@H]1CN(c2ccc3ncc(Br)n3n2)C[C@H](C)N1C. The molecule has 0 amide bonds.